The first kappa shape index (κ1) is 6.13. The van der Waals surface area contributed by atoms with Crippen LogP contribution in [0.5, 0.6) is 0 Å². The van der Waals surface area contributed by atoms with Crippen molar-refractivity contribution in [2.75, 3.05) is 13.7 Å². The van der Waals surface area contributed by atoms with Crippen molar-refractivity contribution >= 4 is 5.97 Å². The molecule has 0 unspecified atom stereocenters. The molecule has 1 fully saturated rings. The van der Waals surface area contributed by atoms with E-state index in [-0.39, 0.29) is 5.97 Å². The topological polar surface area (TPSA) is 38.3 Å². The van der Waals surface area contributed by atoms with Crippen LogP contribution >= 0.6 is 0 Å². The average Bonchev–Trinajstić information content (AvgIpc) is 2.18. The van der Waals surface area contributed by atoms with E-state index in [1.54, 1.807) is 13.2 Å². The second-order valence-electron chi connectivity index (χ2n) is 1.84. The van der Waals surface area contributed by atoms with Gasteiger partial charge in [0.25, 0.3) is 0 Å². The summed E-state index contributed by atoms with van der Waals surface area (Å²) in [5.74, 6) is -0.190. The SMILES string of the molecule is CN/C=C1/CCOC1=O. The van der Waals surface area contributed by atoms with E-state index in [1.807, 2.05) is 0 Å². The zero-order valence-electron chi connectivity index (χ0n) is 5.31. The molecule has 0 aromatic heterocycles. The highest BCUT2D eigenvalue weighted by Crippen LogP contribution is 2.10. The van der Waals surface area contributed by atoms with Crippen LogP contribution in [0.4, 0.5) is 0 Å². The van der Waals surface area contributed by atoms with E-state index in [2.05, 4.69) is 10.1 Å². The largest absolute Gasteiger partial charge is 0.462 e. The summed E-state index contributed by atoms with van der Waals surface area (Å²) in [6.07, 6.45) is 2.41. The molecule has 1 aliphatic heterocycles. The molecule has 0 amide bonds. The normalized spacial score (nSPS) is 22.3. The Kier molecular flexibility index (Phi) is 1.72. The summed E-state index contributed by atoms with van der Waals surface area (Å²) in [5.41, 5.74) is 0.734. The van der Waals surface area contributed by atoms with Gasteiger partial charge in [0, 0.05) is 19.7 Å². The maximum Gasteiger partial charge on any atom is 0.335 e. The van der Waals surface area contributed by atoms with Crippen LogP contribution in [0.2, 0.25) is 0 Å². The number of carbonyl (C=O) groups excluding carboxylic acids is 1. The number of esters is 1. The fourth-order valence-electron chi connectivity index (χ4n) is 0.754. The molecular formula is C6H9NO2. The molecule has 50 valence electrons. The minimum Gasteiger partial charge on any atom is -0.462 e. The predicted molar refractivity (Wildman–Crippen MR) is 32.7 cm³/mol. The standard InChI is InChI=1S/C6H9NO2/c1-7-4-5-2-3-9-6(5)8/h4,7H,2-3H2,1H3/b5-4-. The maximum absolute atomic E-state index is 10.6. The Balaban J connectivity index is 2.59. The van der Waals surface area contributed by atoms with Gasteiger partial charge in [0.2, 0.25) is 0 Å². The minimum atomic E-state index is -0.190. The minimum absolute atomic E-state index is 0.190. The fourth-order valence-corrected chi connectivity index (χ4v) is 0.754. The van der Waals surface area contributed by atoms with Gasteiger partial charge in [0.1, 0.15) is 0 Å². The molecule has 3 nitrogen and oxygen atoms in total. The Bertz CT molecular complexity index is 151. The smallest absolute Gasteiger partial charge is 0.335 e. The lowest BCUT2D eigenvalue weighted by Crippen LogP contribution is -2.00. The Morgan fingerprint density at radius 3 is 3.00 bits per heavy atom. The summed E-state index contributed by atoms with van der Waals surface area (Å²) in [5, 5.41) is 2.78. The third kappa shape index (κ3) is 1.22. The Morgan fingerprint density at radius 2 is 2.56 bits per heavy atom. The molecule has 1 saturated heterocycles. The Labute approximate surface area is 53.7 Å². The van der Waals surface area contributed by atoms with Gasteiger partial charge >= 0.3 is 5.97 Å². The third-order valence-corrected chi connectivity index (χ3v) is 1.19. The molecule has 3 heteroatoms. The van der Waals surface area contributed by atoms with Gasteiger partial charge in [-0.15, -0.1) is 0 Å². The van der Waals surface area contributed by atoms with Gasteiger partial charge in [0.05, 0.1) is 12.2 Å². The number of hydrogen-bond acceptors (Lipinski definition) is 3. The molecule has 0 aromatic rings. The summed E-state index contributed by atoms with van der Waals surface area (Å²) in [7, 11) is 1.76. The Hall–Kier alpha value is -0.990. The number of ether oxygens (including phenoxy) is 1. The number of nitrogens with one attached hydrogen (secondary N) is 1. The molecule has 0 radical (unpaired) electrons. The summed E-state index contributed by atoms with van der Waals surface area (Å²) in [4.78, 5) is 10.6. The van der Waals surface area contributed by atoms with Crippen LogP contribution in [0.1, 0.15) is 6.42 Å². The number of rotatable bonds is 1. The molecule has 0 aromatic carbocycles. The quantitative estimate of drug-likeness (QED) is 0.399. The van der Waals surface area contributed by atoms with E-state index in [0.717, 1.165) is 12.0 Å². The van der Waals surface area contributed by atoms with Crippen molar-refractivity contribution in [2.24, 2.45) is 0 Å². The van der Waals surface area contributed by atoms with Crippen LogP contribution in [0, 0.1) is 0 Å². The first-order chi connectivity index (χ1) is 4.34. The predicted octanol–water partition coefficient (Wildman–Crippen LogP) is 0.0366. The van der Waals surface area contributed by atoms with Crippen LogP contribution < -0.4 is 5.32 Å². The van der Waals surface area contributed by atoms with Crippen LogP contribution in [-0.4, -0.2) is 19.6 Å². The zero-order chi connectivity index (χ0) is 6.69. The lowest BCUT2D eigenvalue weighted by Gasteiger charge is -1.89. The molecule has 0 bridgehead atoms. The highest BCUT2D eigenvalue weighted by Gasteiger charge is 2.17. The van der Waals surface area contributed by atoms with Crippen LogP contribution in [-0.2, 0) is 9.53 Å². The van der Waals surface area contributed by atoms with Crippen molar-refractivity contribution in [3.63, 3.8) is 0 Å². The summed E-state index contributed by atoms with van der Waals surface area (Å²) in [6.45, 7) is 0.534. The van der Waals surface area contributed by atoms with Gasteiger partial charge in [-0.25, -0.2) is 4.79 Å². The van der Waals surface area contributed by atoms with Crippen molar-refractivity contribution in [1.29, 1.82) is 0 Å². The zero-order valence-corrected chi connectivity index (χ0v) is 5.31. The van der Waals surface area contributed by atoms with E-state index in [1.165, 1.54) is 0 Å². The van der Waals surface area contributed by atoms with Crippen molar-refractivity contribution in [3.8, 4) is 0 Å². The molecular weight excluding hydrogens is 118 g/mol. The lowest BCUT2D eigenvalue weighted by atomic mass is 10.2. The lowest BCUT2D eigenvalue weighted by molar-refractivity contribution is -0.135. The van der Waals surface area contributed by atoms with Gasteiger partial charge < -0.3 is 10.1 Å². The second kappa shape index (κ2) is 2.53. The van der Waals surface area contributed by atoms with E-state index >= 15 is 0 Å². The van der Waals surface area contributed by atoms with Gasteiger partial charge in [-0.3, -0.25) is 0 Å². The number of hydrogen-bond donors (Lipinski definition) is 1. The van der Waals surface area contributed by atoms with Crippen LogP contribution in [0.3, 0.4) is 0 Å². The number of carbonyl (C=O) groups is 1. The number of cyclic esters (lactones) is 1. The molecule has 0 saturated carbocycles. The maximum atomic E-state index is 10.6. The molecule has 0 aliphatic carbocycles. The van der Waals surface area contributed by atoms with Gasteiger partial charge in [0.15, 0.2) is 0 Å². The van der Waals surface area contributed by atoms with Crippen LogP contribution in [0.25, 0.3) is 0 Å². The van der Waals surface area contributed by atoms with E-state index < -0.39 is 0 Å². The average molecular weight is 127 g/mol. The molecule has 0 atom stereocenters. The Morgan fingerprint density at radius 1 is 1.78 bits per heavy atom. The van der Waals surface area contributed by atoms with Crippen LogP contribution in [0.15, 0.2) is 11.8 Å². The highest BCUT2D eigenvalue weighted by atomic mass is 16.5. The molecule has 0 spiro atoms. The van der Waals surface area contributed by atoms with Gasteiger partial charge in [-0.2, -0.15) is 0 Å². The van der Waals surface area contributed by atoms with E-state index in [4.69, 9.17) is 0 Å². The van der Waals surface area contributed by atoms with Crippen molar-refractivity contribution < 1.29 is 9.53 Å². The van der Waals surface area contributed by atoms with Crippen molar-refractivity contribution in [3.05, 3.63) is 11.8 Å². The first-order valence-electron chi connectivity index (χ1n) is 2.88. The molecule has 1 rings (SSSR count). The van der Waals surface area contributed by atoms with E-state index in [0.29, 0.717) is 6.61 Å². The van der Waals surface area contributed by atoms with E-state index in [9.17, 15) is 4.79 Å². The van der Waals surface area contributed by atoms with Gasteiger partial charge in [-0.05, 0) is 0 Å². The van der Waals surface area contributed by atoms with Gasteiger partial charge in [-0.1, -0.05) is 0 Å². The molecule has 1 N–H and O–H groups in total. The van der Waals surface area contributed by atoms with Crippen molar-refractivity contribution in [2.45, 2.75) is 6.42 Å². The molecule has 1 heterocycles. The summed E-state index contributed by atoms with van der Waals surface area (Å²) < 4.78 is 4.67. The monoisotopic (exact) mass is 127 g/mol. The summed E-state index contributed by atoms with van der Waals surface area (Å²) >= 11 is 0. The molecule has 9 heavy (non-hydrogen) atoms. The fraction of sp³-hybridized carbons (Fsp3) is 0.500. The highest BCUT2D eigenvalue weighted by molar-refractivity contribution is 5.90. The second-order valence-corrected chi connectivity index (χ2v) is 1.84. The first-order valence-corrected chi connectivity index (χ1v) is 2.88. The third-order valence-electron chi connectivity index (χ3n) is 1.19. The summed E-state index contributed by atoms with van der Waals surface area (Å²) in [6, 6.07) is 0. The molecule has 1 aliphatic rings. The van der Waals surface area contributed by atoms with Crippen molar-refractivity contribution in [1.82, 2.24) is 5.32 Å².